The second-order valence-electron chi connectivity index (χ2n) is 4.75. The van der Waals surface area contributed by atoms with Crippen molar-refractivity contribution >= 4 is 36.3 Å². The van der Waals surface area contributed by atoms with Crippen LogP contribution < -0.4 is 10.8 Å². The zero-order valence-electron chi connectivity index (χ0n) is 11.1. The quantitative estimate of drug-likeness (QED) is 0.804. The number of hydrogen-bond acceptors (Lipinski definition) is 3. The zero-order chi connectivity index (χ0) is 14.8. The van der Waals surface area contributed by atoms with Gasteiger partial charge in [-0.2, -0.15) is 5.26 Å². The van der Waals surface area contributed by atoms with E-state index in [1.807, 2.05) is 6.07 Å². The molecule has 0 fully saturated rings. The lowest BCUT2D eigenvalue weighted by Crippen LogP contribution is -2.15. The van der Waals surface area contributed by atoms with Gasteiger partial charge in [-0.25, -0.2) is 0 Å². The molecule has 5 heteroatoms. The maximum atomic E-state index is 12.0. The van der Waals surface area contributed by atoms with E-state index in [-0.39, 0.29) is 12.3 Å². The normalized spacial score (nSPS) is 13.5. The third kappa shape index (κ3) is 2.70. The molecule has 0 saturated heterocycles. The molecule has 1 aliphatic heterocycles. The van der Waals surface area contributed by atoms with Crippen molar-refractivity contribution < 1.29 is 4.79 Å². The summed E-state index contributed by atoms with van der Waals surface area (Å²) < 4.78 is 0. The molecule has 0 saturated carbocycles. The van der Waals surface area contributed by atoms with E-state index in [1.54, 1.807) is 36.4 Å². The van der Waals surface area contributed by atoms with Crippen LogP contribution in [0.4, 0.5) is 11.4 Å². The van der Waals surface area contributed by atoms with Gasteiger partial charge in [-0.15, -0.1) is 0 Å². The Morgan fingerprint density at radius 1 is 1.24 bits per heavy atom. The van der Waals surface area contributed by atoms with Gasteiger partial charge in [0.2, 0.25) is 5.91 Å². The highest BCUT2D eigenvalue weighted by atomic mass is 16.1. The molecular weight excluding hydrogens is 261 g/mol. The van der Waals surface area contributed by atoms with E-state index in [4.69, 9.17) is 13.1 Å². The minimum Gasteiger partial charge on any atom is -0.324 e. The highest BCUT2D eigenvalue weighted by Crippen LogP contribution is 2.27. The molecule has 0 spiro atoms. The van der Waals surface area contributed by atoms with Crippen molar-refractivity contribution in [1.82, 2.24) is 0 Å². The molecule has 2 aromatic carbocycles. The Balaban J connectivity index is 2.11. The molecule has 1 amide bonds. The number of anilines is 1. The third-order valence-corrected chi connectivity index (χ3v) is 3.20. The number of benzene rings is 2. The van der Waals surface area contributed by atoms with E-state index in [0.717, 1.165) is 5.56 Å². The summed E-state index contributed by atoms with van der Waals surface area (Å²) in [5.41, 5.74) is 3.78. The van der Waals surface area contributed by atoms with Crippen LogP contribution in [0.3, 0.4) is 0 Å². The first kappa shape index (κ1) is 13.1. The van der Waals surface area contributed by atoms with Crippen LogP contribution in [-0.2, 0) is 4.79 Å². The summed E-state index contributed by atoms with van der Waals surface area (Å²) in [5, 5.41) is 11.8. The molecule has 1 aliphatic rings. The monoisotopic (exact) mass is 271 g/mol. The molecule has 21 heavy (non-hydrogen) atoms. The minimum atomic E-state index is -0.152. The van der Waals surface area contributed by atoms with E-state index in [2.05, 4.69) is 16.4 Å². The zero-order valence-corrected chi connectivity index (χ0v) is 11.1. The predicted octanol–water partition coefficient (Wildman–Crippen LogP) is 1.82. The smallest absolute Gasteiger partial charge is 0.230 e. The summed E-state index contributed by atoms with van der Waals surface area (Å²) in [7, 11) is 5.73. The van der Waals surface area contributed by atoms with Crippen molar-refractivity contribution in [1.29, 1.82) is 5.26 Å². The molecule has 4 nitrogen and oxygen atoms in total. The predicted molar refractivity (Wildman–Crippen MR) is 82.4 cm³/mol. The second kappa shape index (κ2) is 5.26. The number of nitrogens with one attached hydrogen (secondary N) is 1. The van der Waals surface area contributed by atoms with Crippen molar-refractivity contribution in [2.75, 3.05) is 5.32 Å². The fraction of sp³-hybridized carbons (Fsp3) is 0.0625. The van der Waals surface area contributed by atoms with Crippen LogP contribution in [0.2, 0.25) is 0 Å². The van der Waals surface area contributed by atoms with Gasteiger partial charge in [-0.3, -0.25) is 9.79 Å². The average Bonchev–Trinajstić information content (AvgIpc) is 2.65. The van der Waals surface area contributed by atoms with Crippen molar-refractivity contribution in [3.05, 3.63) is 53.6 Å². The SMILES string of the molecule is [B]c1ccc2c(c1)NC(=O)CC(c1cccc(C#N)c1)=N2. The first-order chi connectivity index (χ1) is 10.2. The lowest BCUT2D eigenvalue weighted by molar-refractivity contribution is -0.115. The van der Waals surface area contributed by atoms with Crippen LogP contribution in [0.25, 0.3) is 0 Å². The summed E-state index contributed by atoms with van der Waals surface area (Å²) in [6, 6.07) is 14.4. The Morgan fingerprint density at radius 3 is 2.90 bits per heavy atom. The van der Waals surface area contributed by atoms with Crippen molar-refractivity contribution in [2.24, 2.45) is 4.99 Å². The second-order valence-corrected chi connectivity index (χ2v) is 4.75. The van der Waals surface area contributed by atoms with Crippen molar-refractivity contribution in [3.8, 4) is 6.07 Å². The van der Waals surface area contributed by atoms with Crippen LogP contribution in [0.1, 0.15) is 17.5 Å². The highest BCUT2D eigenvalue weighted by molar-refractivity contribution is 6.33. The summed E-state index contributed by atoms with van der Waals surface area (Å²) in [4.78, 5) is 16.5. The molecule has 0 unspecified atom stereocenters. The number of hydrogen-bond donors (Lipinski definition) is 1. The Bertz CT molecular complexity index is 805. The van der Waals surface area contributed by atoms with Gasteiger partial charge in [0.15, 0.2) is 0 Å². The Kier molecular flexibility index (Phi) is 3.29. The molecule has 1 N–H and O–H groups in total. The fourth-order valence-electron chi connectivity index (χ4n) is 2.22. The molecule has 2 aromatic rings. The van der Waals surface area contributed by atoms with Crippen LogP contribution in [0.5, 0.6) is 0 Å². The standard InChI is InChI=1S/C16H10BN3O/c17-12-4-5-13-15(7-12)20-16(21)8-14(19-13)11-3-1-2-10(6-11)9-18/h1-7H,8H2,(H,20,21). The lowest BCUT2D eigenvalue weighted by atomic mass is 9.95. The summed E-state index contributed by atoms with van der Waals surface area (Å²) >= 11 is 0. The van der Waals surface area contributed by atoms with Gasteiger partial charge >= 0.3 is 0 Å². The first-order valence-corrected chi connectivity index (χ1v) is 6.43. The number of aliphatic imine (C=N–C) groups is 1. The highest BCUT2D eigenvalue weighted by Gasteiger charge is 2.17. The number of carbonyl (C=O) groups is 1. The lowest BCUT2D eigenvalue weighted by Gasteiger charge is -2.05. The number of nitriles is 1. The van der Waals surface area contributed by atoms with Gasteiger partial charge in [0.05, 0.1) is 35.1 Å². The van der Waals surface area contributed by atoms with Gasteiger partial charge in [-0.05, 0) is 29.8 Å². The first-order valence-electron chi connectivity index (χ1n) is 6.43. The maximum Gasteiger partial charge on any atom is 0.230 e. The molecule has 1 heterocycles. The van der Waals surface area contributed by atoms with Gasteiger partial charge in [0.1, 0.15) is 7.85 Å². The van der Waals surface area contributed by atoms with E-state index in [9.17, 15) is 4.79 Å². The Labute approximate surface area is 123 Å². The van der Waals surface area contributed by atoms with Crippen LogP contribution in [0, 0.1) is 11.3 Å². The summed E-state index contributed by atoms with van der Waals surface area (Å²) in [6.45, 7) is 0. The van der Waals surface area contributed by atoms with Crippen LogP contribution >= 0.6 is 0 Å². The van der Waals surface area contributed by atoms with E-state index in [0.29, 0.717) is 28.1 Å². The largest absolute Gasteiger partial charge is 0.324 e. The molecule has 0 aromatic heterocycles. The Hall–Kier alpha value is -2.87. The molecular formula is C16H10BN3O. The van der Waals surface area contributed by atoms with E-state index in [1.165, 1.54) is 0 Å². The summed E-state index contributed by atoms with van der Waals surface area (Å²) in [6.07, 6.45) is 0.156. The number of nitrogens with zero attached hydrogens (tertiary/aromatic N) is 2. The number of amides is 1. The van der Waals surface area contributed by atoms with Gasteiger partial charge in [-0.1, -0.05) is 23.7 Å². The third-order valence-electron chi connectivity index (χ3n) is 3.20. The maximum absolute atomic E-state index is 12.0. The van der Waals surface area contributed by atoms with Gasteiger partial charge in [0.25, 0.3) is 0 Å². The fourth-order valence-corrected chi connectivity index (χ4v) is 2.22. The van der Waals surface area contributed by atoms with Crippen LogP contribution in [0.15, 0.2) is 47.5 Å². The van der Waals surface area contributed by atoms with E-state index < -0.39 is 0 Å². The molecule has 2 radical (unpaired) electrons. The number of fused-ring (bicyclic) bond motifs is 1. The van der Waals surface area contributed by atoms with Crippen LogP contribution in [-0.4, -0.2) is 19.5 Å². The molecule has 0 atom stereocenters. The van der Waals surface area contributed by atoms with E-state index >= 15 is 0 Å². The average molecular weight is 271 g/mol. The molecule has 3 rings (SSSR count). The van der Waals surface area contributed by atoms with Gasteiger partial charge in [0, 0.05) is 0 Å². The molecule has 0 bridgehead atoms. The van der Waals surface area contributed by atoms with Crippen molar-refractivity contribution in [2.45, 2.75) is 6.42 Å². The Morgan fingerprint density at radius 2 is 2.10 bits per heavy atom. The number of rotatable bonds is 1. The minimum absolute atomic E-state index is 0.152. The summed E-state index contributed by atoms with van der Waals surface area (Å²) in [5.74, 6) is -0.152. The topological polar surface area (TPSA) is 65.2 Å². The molecule has 0 aliphatic carbocycles. The molecule has 98 valence electrons. The van der Waals surface area contributed by atoms with Crippen molar-refractivity contribution in [3.63, 3.8) is 0 Å². The number of carbonyl (C=O) groups excluding carboxylic acids is 1. The van der Waals surface area contributed by atoms with Gasteiger partial charge < -0.3 is 5.32 Å².